The summed E-state index contributed by atoms with van der Waals surface area (Å²) in [4.78, 5) is 0. The molecule has 0 saturated carbocycles. The summed E-state index contributed by atoms with van der Waals surface area (Å²) in [6.45, 7) is 17.0. The third kappa shape index (κ3) is 9.62. The average Bonchev–Trinajstić information content (AvgIpc) is 3.71. The molecule has 3 heteroatoms. The first-order valence-electron chi connectivity index (χ1n) is 25.4. The zero-order chi connectivity index (χ0) is 45.8. The smallest absolute Gasteiger partial charge is 0.309 e. The standard InChI is InChI=1S/C62H75BO2/c1-9-11-13-15-17-21-37-62(38-22-18-16-14-12-10-2)55-30-20-19-29-51(55)54-36-33-49(43-58(54)62)48-32-35-53-52-34-31-47(41-56(52)59(3,4)57(53)42-48)45-26-23-25-44(39-45)46-27-24-28-50(40-46)63-65-61(7,8)60(5,6)64/h19-20,23-36,39-43,63-64H,9-18,21-22,37-38H2,1-8H3. The summed E-state index contributed by atoms with van der Waals surface area (Å²) in [5.74, 6) is 0. The normalized spacial score (nSPS) is 14.5. The van der Waals surface area contributed by atoms with Crippen molar-refractivity contribution in [3.05, 3.63) is 150 Å². The Labute approximate surface area is 393 Å². The van der Waals surface area contributed by atoms with Crippen molar-refractivity contribution >= 4 is 12.9 Å². The van der Waals surface area contributed by atoms with E-state index in [9.17, 15) is 5.11 Å². The Morgan fingerprint density at radius 3 is 1.42 bits per heavy atom. The summed E-state index contributed by atoms with van der Waals surface area (Å²) < 4.78 is 6.22. The molecule has 2 aliphatic carbocycles. The first kappa shape index (κ1) is 46.8. The molecule has 0 unspecified atom stereocenters. The maximum atomic E-state index is 10.6. The van der Waals surface area contributed by atoms with Crippen molar-refractivity contribution < 1.29 is 9.76 Å². The zero-order valence-electron chi connectivity index (χ0n) is 41.1. The van der Waals surface area contributed by atoms with Crippen LogP contribution in [0.25, 0.3) is 55.6 Å². The zero-order valence-corrected chi connectivity index (χ0v) is 41.1. The van der Waals surface area contributed by atoms with Crippen molar-refractivity contribution in [3.63, 3.8) is 0 Å². The summed E-state index contributed by atoms with van der Waals surface area (Å²) >= 11 is 0. The van der Waals surface area contributed by atoms with Crippen molar-refractivity contribution in [1.29, 1.82) is 0 Å². The SMILES string of the molecule is CCCCCCCCC1(CCCCCCCC)c2ccccc2-c2ccc(-c3ccc4c(c3)C(C)(C)c3cc(-c5cccc(-c6cccc(BOC(C)(C)C(C)(C)O)c6)c5)ccc3-4)cc21. The van der Waals surface area contributed by atoms with Gasteiger partial charge in [0.25, 0.3) is 0 Å². The van der Waals surface area contributed by atoms with Gasteiger partial charge < -0.3 is 9.76 Å². The van der Waals surface area contributed by atoms with E-state index in [1.165, 1.54) is 151 Å². The lowest BCUT2D eigenvalue weighted by molar-refractivity contribution is -0.0893. The van der Waals surface area contributed by atoms with Crippen LogP contribution in [0, 0.1) is 0 Å². The van der Waals surface area contributed by atoms with E-state index in [0.717, 1.165) is 11.0 Å². The second-order valence-corrected chi connectivity index (χ2v) is 21.2. The second kappa shape index (κ2) is 19.6. The molecule has 0 bridgehead atoms. The van der Waals surface area contributed by atoms with Crippen LogP contribution in [0.5, 0.6) is 0 Å². The fraction of sp³-hybridized carbons (Fsp3) is 0.419. The fourth-order valence-electron chi connectivity index (χ4n) is 11.0. The number of hydrogen-bond donors (Lipinski definition) is 1. The van der Waals surface area contributed by atoms with Crippen LogP contribution in [0.2, 0.25) is 0 Å². The molecule has 0 atom stereocenters. The molecular weight excluding hydrogens is 787 g/mol. The molecule has 0 amide bonds. The molecule has 0 spiro atoms. The molecule has 0 heterocycles. The van der Waals surface area contributed by atoms with Gasteiger partial charge in [-0.15, -0.1) is 0 Å². The van der Waals surface area contributed by atoms with Gasteiger partial charge in [-0.25, -0.2) is 0 Å². The third-order valence-corrected chi connectivity index (χ3v) is 15.7. The van der Waals surface area contributed by atoms with Gasteiger partial charge in [0, 0.05) is 10.8 Å². The third-order valence-electron chi connectivity index (χ3n) is 15.7. The van der Waals surface area contributed by atoms with Crippen molar-refractivity contribution in [2.45, 2.75) is 167 Å². The fourth-order valence-corrected chi connectivity index (χ4v) is 11.0. The Bertz CT molecular complexity index is 2570. The van der Waals surface area contributed by atoms with Gasteiger partial charge in [0.2, 0.25) is 0 Å². The van der Waals surface area contributed by atoms with Gasteiger partial charge in [-0.1, -0.05) is 213 Å². The van der Waals surface area contributed by atoms with Crippen LogP contribution in [0.4, 0.5) is 0 Å². The number of hydrogen-bond acceptors (Lipinski definition) is 2. The summed E-state index contributed by atoms with van der Waals surface area (Å²) in [5, 5.41) is 10.6. The van der Waals surface area contributed by atoms with E-state index in [2.05, 4.69) is 155 Å². The minimum Gasteiger partial charge on any atom is -0.427 e. The summed E-state index contributed by atoms with van der Waals surface area (Å²) in [5.41, 5.74) is 18.4. The number of rotatable bonds is 21. The molecule has 0 fully saturated rings. The predicted molar refractivity (Wildman–Crippen MR) is 281 cm³/mol. The second-order valence-electron chi connectivity index (χ2n) is 21.2. The molecule has 2 aliphatic rings. The first-order valence-corrected chi connectivity index (χ1v) is 25.4. The van der Waals surface area contributed by atoms with E-state index in [1.807, 2.05) is 13.8 Å². The molecule has 8 rings (SSSR count). The summed E-state index contributed by atoms with van der Waals surface area (Å²) in [6.07, 6.45) is 18.5. The predicted octanol–water partition coefficient (Wildman–Crippen LogP) is 16.3. The Balaban J connectivity index is 1.07. The molecule has 65 heavy (non-hydrogen) atoms. The maximum absolute atomic E-state index is 10.6. The Morgan fingerprint density at radius 2 is 0.877 bits per heavy atom. The number of benzene rings is 6. The van der Waals surface area contributed by atoms with Crippen LogP contribution in [0.1, 0.15) is 168 Å². The van der Waals surface area contributed by atoms with Gasteiger partial charge in [0.15, 0.2) is 0 Å². The van der Waals surface area contributed by atoms with Crippen molar-refractivity contribution in [2.24, 2.45) is 0 Å². The first-order chi connectivity index (χ1) is 31.3. The Kier molecular flexibility index (Phi) is 14.2. The largest absolute Gasteiger partial charge is 0.427 e. The van der Waals surface area contributed by atoms with Crippen molar-refractivity contribution in [2.75, 3.05) is 0 Å². The number of unbranched alkanes of at least 4 members (excludes halogenated alkanes) is 10. The lowest BCUT2D eigenvalue weighted by Gasteiger charge is -2.37. The Hall–Kier alpha value is -4.70. The molecule has 0 radical (unpaired) electrons. The number of aliphatic hydroxyl groups is 1. The lowest BCUT2D eigenvalue weighted by atomic mass is 9.70. The molecule has 2 nitrogen and oxygen atoms in total. The van der Waals surface area contributed by atoms with E-state index in [4.69, 9.17) is 4.65 Å². The van der Waals surface area contributed by atoms with Crippen molar-refractivity contribution in [1.82, 2.24) is 0 Å². The molecule has 338 valence electrons. The van der Waals surface area contributed by atoms with E-state index < -0.39 is 11.2 Å². The molecule has 1 N–H and O–H groups in total. The highest BCUT2D eigenvalue weighted by Gasteiger charge is 2.43. The van der Waals surface area contributed by atoms with Crippen LogP contribution in [0.15, 0.2) is 127 Å². The molecule has 0 aromatic heterocycles. The summed E-state index contributed by atoms with van der Waals surface area (Å²) in [7, 11) is 0.437. The van der Waals surface area contributed by atoms with E-state index in [-0.39, 0.29) is 10.8 Å². The molecule has 6 aromatic carbocycles. The van der Waals surface area contributed by atoms with Gasteiger partial charge in [-0.05, 0) is 143 Å². The van der Waals surface area contributed by atoms with Crippen LogP contribution in [-0.4, -0.2) is 23.8 Å². The molecular formula is C62H75BO2. The highest BCUT2D eigenvalue weighted by Crippen LogP contribution is 2.56. The topological polar surface area (TPSA) is 29.5 Å². The van der Waals surface area contributed by atoms with Gasteiger partial charge >= 0.3 is 7.48 Å². The van der Waals surface area contributed by atoms with Gasteiger partial charge in [-0.2, -0.15) is 0 Å². The van der Waals surface area contributed by atoms with Crippen molar-refractivity contribution in [3.8, 4) is 55.6 Å². The molecule has 6 aromatic rings. The lowest BCUT2D eigenvalue weighted by Crippen LogP contribution is -2.49. The maximum Gasteiger partial charge on any atom is 0.309 e. The molecule has 0 saturated heterocycles. The number of fused-ring (bicyclic) bond motifs is 6. The van der Waals surface area contributed by atoms with Crippen LogP contribution in [-0.2, 0) is 15.5 Å². The Morgan fingerprint density at radius 1 is 0.446 bits per heavy atom. The van der Waals surface area contributed by atoms with Gasteiger partial charge in [-0.3, -0.25) is 0 Å². The van der Waals surface area contributed by atoms with Gasteiger partial charge in [0.05, 0.1) is 11.2 Å². The van der Waals surface area contributed by atoms with Crippen LogP contribution < -0.4 is 5.46 Å². The van der Waals surface area contributed by atoms with Crippen LogP contribution >= 0.6 is 0 Å². The van der Waals surface area contributed by atoms with Crippen LogP contribution in [0.3, 0.4) is 0 Å². The van der Waals surface area contributed by atoms with E-state index >= 15 is 0 Å². The van der Waals surface area contributed by atoms with Gasteiger partial charge in [0.1, 0.15) is 0 Å². The summed E-state index contributed by atoms with van der Waals surface area (Å²) in [6, 6.07) is 48.9. The quantitative estimate of drug-likeness (QED) is 0.0577. The molecule has 0 aliphatic heterocycles. The minimum atomic E-state index is -0.949. The van der Waals surface area contributed by atoms with E-state index in [0.29, 0.717) is 7.48 Å². The monoisotopic (exact) mass is 863 g/mol. The highest BCUT2D eigenvalue weighted by atomic mass is 16.5. The van der Waals surface area contributed by atoms with E-state index in [1.54, 1.807) is 25.0 Å². The average molecular weight is 863 g/mol. The highest BCUT2D eigenvalue weighted by molar-refractivity contribution is 6.47. The minimum absolute atomic E-state index is 0.0730.